The van der Waals surface area contributed by atoms with Crippen LogP contribution in [0.2, 0.25) is 0 Å². The molecule has 1 saturated carbocycles. The molecule has 1 fully saturated rings. The first-order chi connectivity index (χ1) is 6.84. The summed E-state index contributed by atoms with van der Waals surface area (Å²) < 4.78 is 0. The molecule has 2 rings (SSSR count). The molecule has 78 valence electrons. The number of aliphatic hydroxyl groups is 1. The summed E-state index contributed by atoms with van der Waals surface area (Å²) >= 11 is 1.63. The molecule has 1 aromatic heterocycles. The van der Waals surface area contributed by atoms with Crippen LogP contribution in [0.3, 0.4) is 0 Å². The number of nitrogens with zero attached hydrogens (tertiary/aromatic N) is 1. The number of hydrogen-bond acceptors (Lipinski definition) is 4. The smallest absolute Gasteiger partial charge is 0.0795 e. The molecule has 0 saturated heterocycles. The second kappa shape index (κ2) is 4.87. The van der Waals surface area contributed by atoms with Crippen LogP contribution in [0, 0.1) is 5.92 Å². The third kappa shape index (κ3) is 2.77. The molecule has 1 aliphatic rings. The monoisotopic (exact) mass is 212 g/mol. The molecule has 14 heavy (non-hydrogen) atoms. The van der Waals surface area contributed by atoms with Crippen molar-refractivity contribution >= 4 is 11.3 Å². The Morgan fingerprint density at radius 2 is 2.50 bits per heavy atom. The topological polar surface area (TPSA) is 45.1 Å². The maximum atomic E-state index is 9.34. The minimum atomic E-state index is -0.0546. The third-order valence-electron chi connectivity index (χ3n) is 2.74. The van der Waals surface area contributed by atoms with Crippen molar-refractivity contribution in [2.24, 2.45) is 5.92 Å². The van der Waals surface area contributed by atoms with E-state index in [-0.39, 0.29) is 6.10 Å². The standard InChI is InChI=1S/C10H16N2OS/c13-10-2-1-8(3-10)4-11-5-9-6-14-7-12-9/h6-8,10-11,13H,1-5H2. The van der Waals surface area contributed by atoms with Crippen molar-refractivity contribution < 1.29 is 5.11 Å². The Hall–Kier alpha value is -0.450. The van der Waals surface area contributed by atoms with Crippen LogP contribution in [-0.4, -0.2) is 22.7 Å². The lowest BCUT2D eigenvalue weighted by Crippen LogP contribution is -2.21. The zero-order valence-electron chi connectivity index (χ0n) is 8.15. The van der Waals surface area contributed by atoms with E-state index in [4.69, 9.17) is 0 Å². The summed E-state index contributed by atoms with van der Waals surface area (Å²) in [5.41, 5.74) is 2.98. The molecule has 0 aromatic carbocycles. The van der Waals surface area contributed by atoms with Crippen molar-refractivity contribution in [3.63, 3.8) is 0 Å². The molecule has 0 aliphatic heterocycles. The minimum absolute atomic E-state index is 0.0546. The van der Waals surface area contributed by atoms with E-state index in [2.05, 4.69) is 15.7 Å². The van der Waals surface area contributed by atoms with Gasteiger partial charge in [-0.05, 0) is 31.7 Å². The lowest BCUT2D eigenvalue weighted by Gasteiger charge is -2.09. The van der Waals surface area contributed by atoms with Gasteiger partial charge in [0.25, 0.3) is 0 Å². The van der Waals surface area contributed by atoms with Gasteiger partial charge in [0.05, 0.1) is 17.3 Å². The number of hydrogen-bond donors (Lipinski definition) is 2. The van der Waals surface area contributed by atoms with Gasteiger partial charge in [-0.25, -0.2) is 4.98 Å². The van der Waals surface area contributed by atoms with Gasteiger partial charge in [0, 0.05) is 11.9 Å². The van der Waals surface area contributed by atoms with Crippen molar-refractivity contribution in [3.8, 4) is 0 Å². The van der Waals surface area contributed by atoms with Gasteiger partial charge in [-0.1, -0.05) is 0 Å². The number of aromatic nitrogens is 1. The summed E-state index contributed by atoms with van der Waals surface area (Å²) in [6.07, 6.45) is 3.04. The Labute approximate surface area is 88.2 Å². The van der Waals surface area contributed by atoms with E-state index >= 15 is 0 Å². The van der Waals surface area contributed by atoms with Gasteiger partial charge in [-0.2, -0.15) is 0 Å². The van der Waals surface area contributed by atoms with Crippen LogP contribution >= 0.6 is 11.3 Å². The maximum Gasteiger partial charge on any atom is 0.0795 e. The Bertz CT molecular complexity index is 263. The van der Waals surface area contributed by atoms with Gasteiger partial charge in [0.2, 0.25) is 0 Å². The van der Waals surface area contributed by atoms with Crippen LogP contribution in [0.15, 0.2) is 10.9 Å². The molecule has 3 nitrogen and oxygen atoms in total. The van der Waals surface area contributed by atoms with Crippen molar-refractivity contribution in [1.82, 2.24) is 10.3 Å². The Morgan fingerprint density at radius 1 is 1.57 bits per heavy atom. The molecule has 1 heterocycles. The quantitative estimate of drug-likeness (QED) is 0.793. The molecular formula is C10H16N2OS. The fraction of sp³-hybridized carbons (Fsp3) is 0.700. The first-order valence-electron chi connectivity index (χ1n) is 5.10. The fourth-order valence-corrected chi connectivity index (χ4v) is 2.52. The van der Waals surface area contributed by atoms with Crippen LogP contribution in [0.4, 0.5) is 0 Å². The van der Waals surface area contributed by atoms with E-state index in [0.717, 1.165) is 38.0 Å². The first-order valence-corrected chi connectivity index (χ1v) is 6.04. The zero-order chi connectivity index (χ0) is 9.80. The largest absolute Gasteiger partial charge is 0.393 e. The molecule has 0 radical (unpaired) electrons. The highest BCUT2D eigenvalue weighted by atomic mass is 32.1. The lowest BCUT2D eigenvalue weighted by molar-refractivity contribution is 0.177. The van der Waals surface area contributed by atoms with Gasteiger partial charge in [-0.3, -0.25) is 0 Å². The highest BCUT2D eigenvalue weighted by Gasteiger charge is 2.21. The van der Waals surface area contributed by atoms with Crippen LogP contribution in [0.25, 0.3) is 0 Å². The summed E-state index contributed by atoms with van der Waals surface area (Å²) in [7, 11) is 0. The average Bonchev–Trinajstić information content (AvgIpc) is 2.77. The highest BCUT2D eigenvalue weighted by Crippen LogP contribution is 2.24. The lowest BCUT2D eigenvalue weighted by atomic mass is 10.1. The molecule has 1 aliphatic carbocycles. The van der Waals surface area contributed by atoms with E-state index in [1.807, 2.05) is 5.51 Å². The van der Waals surface area contributed by atoms with Crippen molar-refractivity contribution in [1.29, 1.82) is 0 Å². The summed E-state index contributed by atoms with van der Waals surface area (Å²) in [5.74, 6) is 0.656. The molecular weight excluding hydrogens is 196 g/mol. The van der Waals surface area contributed by atoms with E-state index < -0.39 is 0 Å². The van der Waals surface area contributed by atoms with Gasteiger partial charge in [0.1, 0.15) is 0 Å². The van der Waals surface area contributed by atoms with Crippen LogP contribution < -0.4 is 5.32 Å². The first kappa shape index (κ1) is 10.1. The molecule has 2 atom stereocenters. The Morgan fingerprint density at radius 3 is 3.14 bits per heavy atom. The summed E-state index contributed by atoms with van der Waals surface area (Å²) in [6, 6.07) is 0. The van der Waals surface area contributed by atoms with Crippen LogP contribution in [-0.2, 0) is 6.54 Å². The van der Waals surface area contributed by atoms with Gasteiger partial charge < -0.3 is 10.4 Å². The normalized spacial score (nSPS) is 26.9. The maximum absolute atomic E-state index is 9.34. The van der Waals surface area contributed by atoms with Crippen molar-refractivity contribution in [2.75, 3.05) is 6.54 Å². The van der Waals surface area contributed by atoms with Gasteiger partial charge >= 0.3 is 0 Å². The summed E-state index contributed by atoms with van der Waals surface area (Å²) in [6.45, 7) is 1.87. The molecule has 0 bridgehead atoms. The molecule has 0 amide bonds. The Balaban J connectivity index is 1.64. The SMILES string of the molecule is OC1CCC(CNCc2cscn2)C1. The Kier molecular flexibility index (Phi) is 3.50. The molecule has 2 N–H and O–H groups in total. The predicted molar refractivity (Wildman–Crippen MR) is 57.2 cm³/mol. The van der Waals surface area contributed by atoms with Crippen LogP contribution in [0.5, 0.6) is 0 Å². The van der Waals surface area contributed by atoms with Crippen molar-refractivity contribution in [2.45, 2.75) is 31.9 Å². The van der Waals surface area contributed by atoms with Gasteiger partial charge in [0.15, 0.2) is 0 Å². The average molecular weight is 212 g/mol. The third-order valence-corrected chi connectivity index (χ3v) is 3.37. The number of aliphatic hydroxyl groups excluding tert-OH is 1. The summed E-state index contributed by atoms with van der Waals surface area (Å²) in [5, 5.41) is 14.8. The van der Waals surface area contributed by atoms with Crippen LogP contribution in [0.1, 0.15) is 25.0 Å². The number of nitrogens with one attached hydrogen (secondary N) is 1. The molecule has 2 unspecified atom stereocenters. The van der Waals surface area contributed by atoms with E-state index in [1.54, 1.807) is 11.3 Å². The second-order valence-corrected chi connectivity index (χ2v) is 4.66. The number of thiazole rings is 1. The highest BCUT2D eigenvalue weighted by molar-refractivity contribution is 7.07. The number of rotatable bonds is 4. The molecule has 1 aromatic rings. The van der Waals surface area contributed by atoms with E-state index in [9.17, 15) is 5.11 Å². The van der Waals surface area contributed by atoms with Gasteiger partial charge in [-0.15, -0.1) is 11.3 Å². The van der Waals surface area contributed by atoms with Crippen molar-refractivity contribution in [3.05, 3.63) is 16.6 Å². The van der Waals surface area contributed by atoms with E-state index in [0.29, 0.717) is 5.92 Å². The fourth-order valence-electron chi connectivity index (χ4n) is 1.96. The predicted octanol–water partition coefficient (Wildman–Crippen LogP) is 1.39. The minimum Gasteiger partial charge on any atom is -0.393 e. The molecule has 4 heteroatoms. The molecule has 0 spiro atoms. The zero-order valence-corrected chi connectivity index (χ0v) is 8.96. The van der Waals surface area contributed by atoms with E-state index in [1.165, 1.54) is 0 Å². The summed E-state index contributed by atoms with van der Waals surface area (Å²) in [4.78, 5) is 4.20. The second-order valence-electron chi connectivity index (χ2n) is 3.94.